The summed E-state index contributed by atoms with van der Waals surface area (Å²) in [5, 5.41) is 13.1. The van der Waals surface area contributed by atoms with Crippen LogP contribution in [0.15, 0.2) is 0 Å². The van der Waals surface area contributed by atoms with Crippen molar-refractivity contribution in [3.8, 4) is 0 Å². The van der Waals surface area contributed by atoms with Gasteiger partial charge in [-0.3, -0.25) is 4.90 Å². The van der Waals surface area contributed by atoms with Gasteiger partial charge in [0.1, 0.15) is 0 Å². The molecule has 5 nitrogen and oxygen atoms in total. The summed E-state index contributed by atoms with van der Waals surface area (Å²) in [5.74, 6) is 0. The monoisotopic (exact) mass is 244 g/mol. The summed E-state index contributed by atoms with van der Waals surface area (Å²) in [6.07, 6.45) is 2.10. The van der Waals surface area contributed by atoms with Crippen LogP contribution in [0.1, 0.15) is 12.8 Å². The van der Waals surface area contributed by atoms with Gasteiger partial charge >= 0.3 is 0 Å². The van der Waals surface area contributed by atoms with Crippen LogP contribution in [0, 0.1) is 0 Å². The Morgan fingerprint density at radius 1 is 1.41 bits per heavy atom. The third-order valence-electron chi connectivity index (χ3n) is 3.32. The minimum atomic E-state index is -0.380. The van der Waals surface area contributed by atoms with Crippen LogP contribution in [0.2, 0.25) is 0 Å². The van der Waals surface area contributed by atoms with E-state index >= 15 is 0 Å². The number of hydrogen-bond acceptors (Lipinski definition) is 5. The summed E-state index contributed by atoms with van der Waals surface area (Å²) >= 11 is 0. The van der Waals surface area contributed by atoms with E-state index in [-0.39, 0.29) is 12.2 Å². The summed E-state index contributed by atoms with van der Waals surface area (Å²) in [5.41, 5.74) is 0. The molecule has 0 saturated carbocycles. The molecule has 2 saturated heterocycles. The van der Waals surface area contributed by atoms with Gasteiger partial charge in [-0.1, -0.05) is 0 Å². The number of hydrogen-bond donors (Lipinski definition) is 2. The molecule has 0 aromatic carbocycles. The number of nitrogens with one attached hydrogen (secondary N) is 1. The molecule has 100 valence electrons. The predicted octanol–water partition coefficient (Wildman–Crippen LogP) is -0.552. The zero-order chi connectivity index (χ0) is 11.9. The first kappa shape index (κ1) is 13.2. The molecule has 2 N–H and O–H groups in total. The normalized spacial score (nSPS) is 28.4. The molecule has 2 fully saturated rings. The van der Waals surface area contributed by atoms with Gasteiger partial charge in [0, 0.05) is 39.3 Å². The minimum Gasteiger partial charge on any atom is -0.389 e. The maximum absolute atomic E-state index is 9.85. The molecule has 0 radical (unpaired) electrons. The van der Waals surface area contributed by atoms with Crippen molar-refractivity contribution < 1.29 is 14.6 Å². The average molecular weight is 244 g/mol. The van der Waals surface area contributed by atoms with Crippen molar-refractivity contribution in [3.05, 3.63) is 0 Å². The lowest BCUT2D eigenvalue weighted by Crippen LogP contribution is -2.47. The standard InChI is InChI=1S/C12H24N2O3/c15-11(8-14-5-3-13-4-6-14)9-16-10-12-2-1-7-17-12/h11-13,15H,1-10H2. The highest BCUT2D eigenvalue weighted by Crippen LogP contribution is 2.12. The van der Waals surface area contributed by atoms with E-state index in [1.54, 1.807) is 0 Å². The molecule has 0 amide bonds. The van der Waals surface area contributed by atoms with E-state index in [9.17, 15) is 5.11 Å². The molecule has 0 aliphatic carbocycles. The predicted molar refractivity (Wildman–Crippen MR) is 65.1 cm³/mol. The molecule has 0 aromatic rings. The molecular formula is C12H24N2O3. The van der Waals surface area contributed by atoms with Crippen LogP contribution in [0.25, 0.3) is 0 Å². The number of rotatable bonds is 6. The van der Waals surface area contributed by atoms with Crippen LogP contribution in [-0.2, 0) is 9.47 Å². The first-order valence-electron chi connectivity index (χ1n) is 6.65. The molecule has 5 heteroatoms. The quantitative estimate of drug-likeness (QED) is 0.656. The van der Waals surface area contributed by atoms with Crippen LogP contribution in [0.3, 0.4) is 0 Å². The lowest BCUT2D eigenvalue weighted by molar-refractivity contribution is -0.0258. The number of ether oxygens (including phenoxy) is 2. The summed E-state index contributed by atoms with van der Waals surface area (Å²) < 4.78 is 11.0. The highest BCUT2D eigenvalue weighted by Gasteiger charge is 2.17. The number of piperazine rings is 1. The highest BCUT2D eigenvalue weighted by molar-refractivity contribution is 4.71. The van der Waals surface area contributed by atoms with Crippen molar-refractivity contribution in [3.63, 3.8) is 0 Å². The van der Waals surface area contributed by atoms with Crippen LogP contribution in [-0.4, -0.2) is 74.8 Å². The van der Waals surface area contributed by atoms with E-state index < -0.39 is 0 Å². The van der Waals surface area contributed by atoms with Crippen molar-refractivity contribution in [1.82, 2.24) is 10.2 Å². The van der Waals surface area contributed by atoms with Gasteiger partial charge in [-0.2, -0.15) is 0 Å². The van der Waals surface area contributed by atoms with Crippen molar-refractivity contribution in [2.75, 3.05) is 52.5 Å². The number of nitrogens with zero attached hydrogens (tertiary/aromatic N) is 1. The van der Waals surface area contributed by atoms with Crippen molar-refractivity contribution >= 4 is 0 Å². The van der Waals surface area contributed by atoms with E-state index in [1.807, 2.05) is 0 Å². The van der Waals surface area contributed by atoms with Gasteiger partial charge in [0.25, 0.3) is 0 Å². The maximum Gasteiger partial charge on any atom is 0.0900 e. The molecule has 0 aromatic heterocycles. The Balaban J connectivity index is 1.52. The lowest BCUT2D eigenvalue weighted by atomic mass is 10.2. The van der Waals surface area contributed by atoms with Crippen LogP contribution in [0.4, 0.5) is 0 Å². The van der Waals surface area contributed by atoms with Crippen molar-refractivity contribution in [2.45, 2.75) is 25.0 Å². The van der Waals surface area contributed by atoms with Crippen molar-refractivity contribution in [2.24, 2.45) is 0 Å². The fourth-order valence-corrected chi connectivity index (χ4v) is 2.36. The van der Waals surface area contributed by atoms with Gasteiger partial charge in [0.05, 0.1) is 25.4 Å². The summed E-state index contributed by atoms with van der Waals surface area (Å²) in [6, 6.07) is 0. The van der Waals surface area contributed by atoms with E-state index in [0.29, 0.717) is 19.8 Å². The summed E-state index contributed by atoms with van der Waals surface area (Å²) in [4.78, 5) is 2.27. The Bertz CT molecular complexity index is 204. The van der Waals surface area contributed by atoms with Crippen molar-refractivity contribution in [1.29, 1.82) is 0 Å². The van der Waals surface area contributed by atoms with Crippen LogP contribution >= 0.6 is 0 Å². The molecule has 2 aliphatic heterocycles. The first-order chi connectivity index (χ1) is 8.34. The van der Waals surface area contributed by atoms with Gasteiger partial charge < -0.3 is 19.9 Å². The second kappa shape index (κ2) is 7.28. The van der Waals surface area contributed by atoms with E-state index in [2.05, 4.69) is 10.2 Å². The Morgan fingerprint density at radius 2 is 2.24 bits per heavy atom. The minimum absolute atomic E-state index is 0.251. The van der Waals surface area contributed by atoms with Gasteiger partial charge in [0.2, 0.25) is 0 Å². The SMILES string of the molecule is OC(COCC1CCCO1)CN1CCNCC1. The molecule has 0 spiro atoms. The van der Waals surface area contributed by atoms with E-state index in [1.165, 1.54) is 0 Å². The summed E-state index contributed by atoms with van der Waals surface area (Å²) in [7, 11) is 0. The highest BCUT2D eigenvalue weighted by atomic mass is 16.5. The van der Waals surface area contributed by atoms with Gasteiger partial charge in [-0.15, -0.1) is 0 Å². The van der Waals surface area contributed by atoms with Crippen LogP contribution < -0.4 is 5.32 Å². The summed E-state index contributed by atoms with van der Waals surface area (Å²) in [6.45, 7) is 6.69. The van der Waals surface area contributed by atoms with Gasteiger partial charge in [-0.05, 0) is 12.8 Å². The molecule has 17 heavy (non-hydrogen) atoms. The molecule has 2 aliphatic rings. The molecule has 2 heterocycles. The maximum atomic E-state index is 9.85. The zero-order valence-corrected chi connectivity index (χ0v) is 10.4. The average Bonchev–Trinajstić information content (AvgIpc) is 2.83. The molecule has 2 unspecified atom stereocenters. The first-order valence-corrected chi connectivity index (χ1v) is 6.65. The Labute approximate surface area is 103 Å². The number of aliphatic hydroxyl groups excluding tert-OH is 1. The van der Waals surface area contributed by atoms with Gasteiger partial charge in [-0.25, -0.2) is 0 Å². The molecule has 2 rings (SSSR count). The van der Waals surface area contributed by atoms with E-state index in [0.717, 1.165) is 45.6 Å². The third kappa shape index (κ3) is 4.89. The Hall–Kier alpha value is -0.200. The largest absolute Gasteiger partial charge is 0.389 e. The third-order valence-corrected chi connectivity index (χ3v) is 3.32. The fraction of sp³-hybridized carbons (Fsp3) is 1.00. The van der Waals surface area contributed by atoms with Crippen LogP contribution in [0.5, 0.6) is 0 Å². The Kier molecular flexibility index (Phi) is 5.67. The number of β-amino-alcohol motifs (C(OH)–C–C–N with tert-alkyl or cyclic N) is 1. The topological polar surface area (TPSA) is 54.0 Å². The fourth-order valence-electron chi connectivity index (χ4n) is 2.36. The molecule has 2 atom stereocenters. The van der Waals surface area contributed by atoms with E-state index in [4.69, 9.17) is 9.47 Å². The smallest absolute Gasteiger partial charge is 0.0900 e. The zero-order valence-electron chi connectivity index (χ0n) is 10.4. The Morgan fingerprint density at radius 3 is 2.94 bits per heavy atom. The lowest BCUT2D eigenvalue weighted by Gasteiger charge is -2.29. The van der Waals surface area contributed by atoms with Gasteiger partial charge in [0.15, 0.2) is 0 Å². The number of aliphatic hydroxyl groups is 1. The molecule has 0 bridgehead atoms. The second-order valence-corrected chi connectivity index (χ2v) is 4.88. The molecular weight excluding hydrogens is 220 g/mol. The second-order valence-electron chi connectivity index (χ2n) is 4.88.